The zero-order valence-electron chi connectivity index (χ0n) is 54.2. The molecule has 9 N–H and O–H groups in total. The zero-order valence-corrected chi connectivity index (χ0v) is 54.2. The molecule has 12 atom stereocenters. The lowest BCUT2D eigenvalue weighted by Gasteiger charge is -2.46. The first-order chi connectivity index (χ1) is 41.1. The van der Waals surface area contributed by atoms with Crippen LogP contribution in [0, 0.1) is 0 Å². The molecule has 0 aromatic carbocycles. The molecule has 498 valence electrons. The number of aliphatic hydroxyl groups excluding tert-OH is 8. The zero-order chi connectivity index (χ0) is 60.9. The molecule has 0 saturated carbocycles. The van der Waals surface area contributed by atoms with Crippen LogP contribution >= 0.6 is 0 Å². The van der Waals surface area contributed by atoms with Gasteiger partial charge in [-0.3, -0.25) is 4.79 Å². The lowest BCUT2D eigenvalue weighted by atomic mass is 9.97. The van der Waals surface area contributed by atoms with E-state index < -0.39 is 86.8 Å². The highest BCUT2D eigenvalue weighted by molar-refractivity contribution is 5.76. The largest absolute Gasteiger partial charge is 0.394 e. The van der Waals surface area contributed by atoms with Crippen molar-refractivity contribution in [1.82, 2.24) is 5.32 Å². The predicted octanol–water partition coefficient (Wildman–Crippen LogP) is 14.6. The summed E-state index contributed by atoms with van der Waals surface area (Å²) in [6, 6.07) is -0.911. The molecule has 2 saturated heterocycles. The first-order valence-electron chi connectivity index (χ1n) is 35.9. The molecule has 0 aromatic rings. The predicted molar refractivity (Wildman–Crippen MR) is 342 cm³/mol. The minimum Gasteiger partial charge on any atom is -0.394 e. The van der Waals surface area contributed by atoms with Crippen LogP contribution < -0.4 is 5.32 Å². The van der Waals surface area contributed by atoms with Gasteiger partial charge in [0, 0.05) is 6.42 Å². The number of hydrogen-bond donors (Lipinski definition) is 9. The molecule has 0 radical (unpaired) electrons. The van der Waals surface area contributed by atoms with Crippen molar-refractivity contribution in [3.63, 3.8) is 0 Å². The Kier molecular flexibility index (Phi) is 52.3. The highest BCUT2D eigenvalue weighted by Crippen LogP contribution is 2.30. The molecule has 12 unspecified atom stereocenters. The quantitative estimate of drug-likeness (QED) is 0.0204. The van der Waals surface area contributed by atoms with Crippen molar-refractivity contribution in [3.8, 4) is 0 Å². The van der Waals surface area contributed by atoms with Crippen LogP contribution in [0.5, 0.6) is 0 Å². The van der Waals surface area contributed by atoms with Crippen LogP contribution in [0.3, 0.4) is 0 Å². The summed E-state index contributed by atoms with van der Waals surface area (Å²) in [5.74, 6) is -0.231. The van der Waals surface area contributed by atoms with Crippen molar-refractivity contribution in [2.24, 2.45) is 0 Å². The van der Waals surface area contributed by atoms with Crippen molar-refractivity contribution in [1.29, 1.82) is 0 Å². The third-order valence-corrected chi connectivity index (χ3v) is 18.0. The Bertz CT molecular complexity index is 1460. The number of ether oxygens (including phenoxy) is 4. The molecule has 2 fully saturated rings. The van der Waals surface area contributed by atoms with E-state index in [4.69, 9.17) is 18.9 Å². The second kappa shape index (κ2) is 55.8. The molecule has 2 aliphatic heterocycles. The lowest BCUT2D eigenvalue weighted by Crippen LogP contribution is -2.65. The van der Waals surface area contributed by atoms with Crippen LogP contribution in [0.4, 0.5) is 0 Å². The minimum atomic E-state index is -1.79. The Morgan fingerprint density at radius 3 is 1.10 bits per heavy atom. The van der Waals surface area contributed by atoms with Crippen LogP contribution in [0.15, 0.2) is 12.2 Å². The Balaban J connectivity index is 1.66. The maximum Gasteiger partial charge on any atom is 0.220 e. The van der Waals surface area contributed by atoms with E-state index in [2.05, 4.69) is 19.2 Å². The average Bonchev–Trinajstić information content (AvgIpc) is 3.64. The van der Waals surface area contributed by atoms with Crippen LogP contribution in [0.2, 0.25) is 0 Å². The van der Waals surface area contributed by atoms with E-state index in [0.29, 0.717) is 6.42 Å². The highest BCUT2D eigenvalue weighted by Gasteiger charge is 2.51. The van der Waals surface area contributed by atoms with Crippen LogP contribution in [0.25, 0.3) is 0 Å². The molecule has 84 heavy (non-hydrogen) atoms. The van der Waals surface area contributed by atoms with E-state index in [0.717, 1.165) is 38.5 Å². The number of allylic oxidation sites excluding steroid dienone is 1. The molecule has 14 nitrogen and oxygen atoms in total. The number of carbonyl (C=O) groups is 1. The lowest BCUT2D eigenvalue weighted by molar-refractivity contribution is -0.359. The van der Waals surface area contributed by atoms with Gasteiger partial charge in [0.25, 0.3) is 0 Å². The molecular formula is C70H135NO13. The van der Waals surface area contributed by atoms with Crippen molar-refractivity contribution in [2.75, 3.05) is 19.8 Å². The van der Waals surface area contributed by atoms with Gasteiger partial charge in [-0.15, -0.1) is 0 Å². The summed E-state index contributed by atoms with van der Waals surface area (Å²) < 4.78 is 22.9. The van der Waals surface area contributed by atoms with Crippen molar-refractivity contribution in [3.05, 3.63) is 12.2 Å². The second-order valence-electron chi connectivity index (χ2n) is 25.7. The summed E-state index contributed by atoms with van der Waals surface area (Å²) >= 11 is 0. The van der Waals surface area contributed by atoms with Crippen LogP contribution in [-0.4, -0.2) is 140 Å². The van der Waals surface area contributed by atoms with Gasteiger partial charge in [0.15, 0.2) is 12.6 Å². The monoisotopic (exact) mass is 1200 g/mol. The summed E-state index contributed by atoms with van der Waals surface area (Å²) in [6.07, 6.45) is 51.3. The average molecular weight is 1200 g/mol. The van der Waals surface area contributed by atoms with Gasteiger partial charge in [-0.2, -0.15) is 0 Å². The molecule has 2 rings (SSSR count). The maximum atomic E-state index is 13.3. The SMILES string of the molecule is CCCCCCCCCCCCCCCCCCCCCCCCCCCCCC/C=C/C(O)C(COC1OC(CO)C(OC2OC(CO)C(O)C(O)C2O)C(O)C1O)NC(=O)CCCCCCCCCCCCCCCCCCCCCC. The molecule has 0 aromatic heterocycles. The molecular weight excluding hydrogens is 1060 g/mol. The number of unbranched alkanes of at least 4 members (excludes halogenated alkanes) is 47. The van der Waals surface area contributed by atoms with Gasteiger partial charge in [0.1, 0.15) is 48.8 Å². The third-order valence-electron chi connectivity index (χ3n) is 18.0. The Morgan fingerprint density at radius 2 is 0.738 bits per heavy atom. The van der Waals surface area contributed by atoms with Crippen molar-refractivity contribution >= 4 is 5.91 Å². The second-order valence-corrected chi connectivity index (χ2v) is 25.7. The van der Waals surface area contributed by atoms with E-state index in [1.165, 1.54) is 270 Å². The van der Waals surface area contributed by atoms with Gasteiger partial charge in [-0.1, -0.05) is 321 Å². The van der Waals surface area contributed by atoms with Crippen LogP contribution in [0.1, 0.15) is 335 Å². The van der Waals surface area contributed by atoms with E-state index in [-0.39, 0.29) is 18.9 Å². The van der Waals surface area contributed by atoms with Crippen molar-refractivity contribution < 1.29 is 64.6 Å². The first kappa shape index (κ1) is 78.8. The summed E-state index contributed by atoms with van der Waals surface area (Å²) in [5.41, 5.74) is 0. The van der Waals surface area contributed by atoms with Gasteiger partial charge in [-0.05, 0) is 19.3 Å². The molecule has 0 spiro atoms. The molecule has 14 heteroatoms. The fraction of sp³-hybridized carbons (Fsp3) is 0.957. The van der Waals surface area contributed by atoms with E-state index >= 15 is 0 Å². The van der Waals surface area contributed by atoms with E-state index in [1.807, 2.05) is 6.08 Å². The number of nitrogens with one attached hydrogen (secondary N) is 1. The molecule has 0 bridgehead atoms. The standard InChI is InChI=1S/C70H135NO13/c1-3-5-7-9-11-13-15-17-19-21-23-25-26-27-28-29-30-31-32-33-34-35-37-39-41-43-45-47-49-51-53-59(74)58(71-62(75)54-52-50-48-46-44-42-40-38-36-24-22-20-18-16-14-12-10-8-6-4-2)57-81-69-67(80)65(78)68(61(56-73)83-69)84-70-66(79)64(77)63(76)60(55-72)82-70/h51,53,58-61,63-70,72-74,76-80H,3-50,52,54-57H2,1-2H3,(H,71,75)/b53-51+. The van der Waals surface area contributed by atoms with E-state index in [9.17, 15) is 45.6 Å². The summed E-state index contributed by atoms with van der Waals surface area (Å²) in [7, 11) is 0. The first-order valence-corrected chi connectivity index (χ1v) is 35.9. The summed E-state index contributed by atoms with van der Waals surface area (Å²) in [5, 5.41) is 87.5. The normalized spacial score (nSPS) is 23.6. The fourth-order valence-electron chi connectivity index (χ4n) is 12.2. The highest BCUT2D eigenvalue weighted by atomic mass is 16.7. The Labute approximate surface area is 514 Å². The fourth-order valence-corrected chi connectivity index (χ4v) is 12.2. The van der Waals surface area contributed by atoms with Crippen LogP contribution in [-0.2, 0) is 23.7 Å². The summed E-state index contributed by atoms with van der Waals surface area (Å²) in [6.45, 7) is 2.86. The maximum absolute atomic E-state index is 13.3. The number of amides is 1. The third kappa shape index (κ3) is 39.7. The summed E-state index contributed by atoms with van der Waals surface area (Å²) in [4.78, 5) is 13.3. The topological polar surface area (TPSA) is 228 Å². The molecule has 2 heterocycles. The van der Waals surface area contributed by atoms with E-state index in [1.54, 1.807) is 6.08 Å². The minimum absolute atomic E-state index is 0.231. The molecule has 0 aliphatic carbocycles. The number of carbonyl (C=O) groups excluding carboxylic acids is 1. The Hall–Kier alpha value is -1.27. The Morgan fingerprint density at radius 1 is 0.417 bits per heavy atom. The smallest absolute Gasteiger partial charge is 0.220 e. The number of rotatable bonds is 60. The van der Waals surface area contributed by atoms with Gasteiger partial charge in [-0.25, -0.2) is 0 Å². The molecule has 1 amide bonds. The number of aliphatic hydroxyl groups is 8. The van der Waals surface area contributed by atoms with Gasteiger partial charge in [0.2, 0.25) is 5.91 Å². The molecule has 2 aliphatic rings. The van der Waals surface area contributed by atoms with Gasteiger partial charge in [0.05, 0.1) is 32.0 Å². The number of hydrogen-bond acceptors (Lipinski definition) is 13. The van der Waals surface area contributed by atoms with Crippen molar-refractivity contribution in [2.45, 2.75) is 408 Å². The van der Waals surface area contributed by atoms with Gasteiger partial charge < -0.3 is 65.1 Å². The van der Waals surface area contributed by atoms with Gasteiger partial charge >= 0.3 is 0 Å².